The van der Waals surface area contributed by atoms with Gasteiger partial charge in [-0.2, -0.15) is 0 Å². The average molecular weight is 258 g/mol. The smallest absolute Gasteiger partial charge is 0.315 e. The van der Waals surface area contributed by atoms with E-state index in [1.807, 2.05) is 0 Å². The fourth-order valence-corrected chi connectivity index (χ4v) is 2.72. The van der Waals surface area contributed by atoms with Gasteiger partial charge in [0, 0.05) is 6.04 Å². The van der Waals surface area contributed by atoms with Crippen LogP contribution in [-0.4, -0.2) is 16.2 Å². The summed E-state index contributed by atoms with van der Waals surface area (Å²) < 4.78 is 5.39. The molecule has 1 aliphatic carbocycles. The maximum Gasteiger partial charge on any atom is 0.315 e. The lowest BCUT2D eigenvalue weighted by molar-refractivity contribution is 0.309. The third kappa shape index (κ3) is 3.35. The molecule has 1 aromatic rings. The molecule has 17 heavy (non-hydrogen) atoms. The number of hydrogen-bond donors (Lipinski definition) is 1. The van der Waals surface area contributed by atoms with Gasteiger partial charge in [0.25, 0.3) is 0 Å². The average Bonchev–Trinajstić information content (AvgIpc) is 2.84. The molecule has 0 aliphatic heterocycles. The monoisotopic (exact) mass is 257 g/mol. The fourth-order valence-electron chi connectivity index (χ4n) is 2.61. The highest BCUT2D eigenvalue weighted by Gasteiger charge is 2.23. The Morgan fingerprint density at radius 2 is 2.12 bits per heavy atom. The van der Waals surface area contributed by atoms with Crippen LogP contribution in [0.2, 0.25) is 0 Å². The van der Waals surface area contributed by atoms with Crippen LogP contribution in [0.25, 0.3) is 0 Å². The summed E-state index contributed by atoms with van der Waals surface area (Å²) in [4.78, 5) is 0. The number of aromatic nitrogens is 2. The summed E-state index contributed by atoms with van der Waals surface area (Å²) in [6.45, 7) is 2.20. The Morgan fingerprint density at radius 3 is 2.71 bits per heavy atom. The number of nitrogens with zero attached hydrogens (tertiary/aromatic N) is 2. The van der Waals surface area contributed by atoms with Gasteiger partial charge in [0.1, 0.15) is 5.88 Å². The Morgan fingerprint density at radius 1 is 1.35 bits per heavy atom. The minimum absolute atomic E-state index is 0.273. The van der Waals surface area contributed by atoms with Gasteiger partial charge < -0.3 is 9.73 Å². The summed E-state index contributed by atoms with van der Waals surface area (Å²) in [5.41, 5.74) is 0. The normalized spacial score (nSPS) is 19.2. The van der Waals surface area contributed by atoms with Crippen molar-refractivity contribution in [2.24, 2.45) is 5.92 Å². The van der Waals surface area contributed by atoms with Crippen LogP contribution in [0.15, 0.2) is 4.42 Å². The van der Waals surface area contributed by atoms with E-state index >= 15 is 0 Å². The van der Waals surface area contributed by atoms with Crippen LogP contribution in [0, 0.1) is 5.92 Å². The minimum atomic E-state index is 0.273. The lowest BCUT2D eigenvalue weighted by atomic mass is 9.83. The van der Waals surface area contributed by atoms with Crippen LogP contribution in [0.4, 0.5) is 6.01 Å². The molecule has 1 saturated carbocycles. The number of anilines is 1. The highest BCUT2D eigenvalue weighted by Crippen LogP contribution is 2.29. The van der Waals surface area contributed by atoms with E-state index in [1.54, 1.807) is 0 Å². The highest BCUT2D eigenvalue weighted by molar-refractivity contribution is 6.16. The standard InChI is InChI=1S/C12H20ClN3O/c1-2-10(9-6-4-3-5-7-9)14-12-16-15-11(8-13)17-12/h9-10H,2-8H2,1H3,(H,14,16). The number of rotatable bonds is 5. The molecule has 1 heterocycles. The summed E-state index contributed by atoms with van der Waals surface area (Å²) in [5, 5.41) is 11.2. The van der Waals surface area contributed by atoms with E-state index in [0.29, 0.717) is 17.9 Å². The lowest BCUT2D eigenvalue weighted by Crippen LogP contribution is -2.30. The fraction of sp³-hybridized carbons (Fsp3) is 0.833. The molecule has 1 aromatic heterocycles. The summed E-state index contributed by atoms with van der Waals surface area (Å²) in [6.07, 6.45) is 7.77. The van der Waals surface area contributed by atoms with Crippen LogP contribution in [-0.2, 0) is 5.88 Å². The molecule has 0 spiro atoms. The molecule has 0 amide bonds. The van der Waals surface area contributed by atoms with Crippen molar-refractivity contribution in [2.45, 2.75) is 57.4 Å². The third-order valence-electron chi connectivity index (χ3n) is 3.55. The van der Waals surface area contributed by atoms with Crippen LogP contribution in [0.1, 0.15) is 51.3 Å². The molecule has 0 radical (unpaired) electrons. The highest BCUT2D eigenvalue weighted by atomic mass is 35.5. The molecule has 0 saturated heterocycles. The van der Waals surface area contributed by atoms with E-state index in [4.69, 9.17) is 16.0 Å². The van der Waals surface area contributed by atoms with E-state index in [2.05, 4.69) is 22.4 Å². The first-order chi connectivity index (χ1) is 8.33. The van der Waals surface area contributed by atoms with E-state index in [0.717, 1.165) is 12.3 Å². The molecule has 1 unspecified atom stereocenters. The van der Waals surface area contributed by atoms with Crippen molar-refractivity contribution in [1.82, 2.24) is 10.2 Å². The zero-order valence-electron chi connectivity index (χ0n) is 10.3. The maximum absolute atomic E-state index is 5.64. The van der Waals surface area contributed by atoms with Crippen molar-refractivity contribution in [2.75, 3.05) is 5.32 Å². The molecule has 0 aromatic carbocycles. The molecule has 2 rings (SSSR count). The van der Waals surface area contributed by atoms with Gasteiger partial charge in [0.05, 0.1) is 0 Å². The van der Waals surface area contributed by atoms with E-state index in [-0.39, 0.29) is 5.88 Å². The third-order valence-corrected chi connectivity index (χ3v) is 3.78. The lowest BCUT2D eigenvalue weighted by Gasteiger charge is -2.29. The molecule has 5 heteroatoms. The first kappa shape index (κ1) is 12.7. The summed E-state index contributed by atoms with van der Waals surface area (Å²) >= 11 is 5.64. The Kier molecular flexibility index (Phi) is 4.66. The number of hydrogen-bond acceptors (Lipinski definition) is 4. The molecular weight excluding hydrogens is 238 g/mol. The van der Waals surface area contributed by atoms with Crippen molar-refractivity contribution >= 4 is 17.6 Å². The van der Waals surface area contributed by atoms with Crippen molar-refractivity contribution in [3.05, 3.63) is 5.89 Å². The van der Waals surface area contributed by atoms with Crippen LogP contribution in [0.5, 0.6) is 0 Å². The Hall–Kier alpha value is -0.770. The van der Waals surface area contributed by atoms with Gasteiger partial charge in [-0.3, -0.25) is 0 Å². The molecular formula is C12H20ClN3O. The van der Waals surface area contributed by atoms with E-state index in [9.17, 15) is 0 Å². The second-order valence-electron chi connectivity index (χ2n) is 4.69. The summed E-state index contributed by atoms with van der Waals surface area (Å²) in [5.74, 6) is 1.49. The Labute approximate surface area is 107 Å². The SMILES string of the molecule is CCC(Nc1nnc(CCl)o1)C1CCCCC1. The van der Waals surface area contributed by atoms with Crippen molar-refractivity contribution < 1.29 is 4.42 Å². The number of nitrogens with one attached hydrogen (secondary N) is 1. The van der Waals surface area contributed by atoms with Gasteiger partial charge in [-0.25, -0.2) is 0 Å². The minimum Gasteiger partial charge on any atom is -0.407 e. The molecule has 1 atom stereocenters. The van der Waals surface area contributed by atoms with Gasteiger partial charge in [0.2, 0.25) is 5.89 Å². The molecule has 1 fully saturated rings. The van der Waals surface area contributed by atoms with E-state index in [1.165, 1.54) is 32.1 Å². The number of halogens is 1. The second kappa shape index (κ2) is 6.24. The van der Waals surface area contributed by atoms with Crippen LogP contribution >= 0.6 is 11.6 Å². The van der Waals surface area contributed by atoms with Gasteiger partial charge in [0.15, 0.2) is 0 Å². The molecule has 4 nitrogen and oxygen atoms in total. The topological polar surface area (TPSA) is 51.0 Å². The van der Waals surface area contributed by atoms with Crippen LogP contribution in [0.3, 0.4) is 0 Å². The summed E-state index contributed by atoms with van der Waals surface area (Å²) in [6, 6.07) is 0.956. The zero-order chi connectivity index (χ0) is 12.1. The van der Waals surface area contributed by atoms with Crippen molar-refractivity contribution in [1.29, 1.82) is 0 Å². The molecule has 0 bridgehead atoms. The largest absolute Gasteiger partial charge is 0.407 e. The van der Waals surface area contributed by atoms with Gasteiger partial charge >= 0.3 is 6.01 Å². The van der Waals surface area contributed by atoms with Gasteiger partial charge in [-0.1, -0.05) is 31.3 Å². The maximum atomic E-state index is 5.64. The van der Waals surface area contributed by atoms with Crippen molar-refractivity contribution in [3.8, 4) is 0 Å². The Balaban J connectivity index is 1.93. The Bertz CT molecular complexity index is 336. The molecule has 96 valence electrons. The van der Waals surface area contributed by atoms with Crippen molar-refractivity contribution in [3.63, 3.8) is 0 Å². The van der Waals surface area contributed by atoms with E-state index < -0.39 is 0 Å². The number of alkyl halides is 1. The van der Waals surface area contributed by atoms with Crippen LogP contribution < -0.4 is 5.32 Å². The molecule has 1 aliphatic rings. The zero-order valence-corrected chi connectivity index (χ0v) is 11.0. The first-order valence-electron chi connectivity index (χ1n) is 6.48. The predicted octanol–water partition coefficient (Wildman–Crippen LogP) is 3.58. The quantitative estimate of drug-likeness (QED) is 0.819. The van der Waals surface area contributed by atoms with Gasteiger partial charge in [-0.05, 0) is 25.2 Å². The second-order valence-corrected chi connectivity index (χ2v) is 4.96. The predicted molar refractivity (Wildman–Crippen MR) is 68.1 cm³/mol. The summed E-state index contributed by atoms with van der Waals surface area (Å²) in [7, 11) is 0. The molecule has 1 N–H and O–H groups in total. The first-order valence-corrected chi connectivity index (χ1v) is 7.01. The van der Waals surface area contributed by atoms with Gasteiger partial charge in [-0.15, -0.1) is 16.7 Å².